The van der Waals surface area contributed by atoms with E-state index in [4.69, 9.17) is 11.6 Å². The highest BCUT2D eigenvalue weighted by Crippen LogP contribution is 2.31. The Hall–Kier alpha value is -0.280. The SMILES string of the molecule is Fc1cc(Cl)cc(Br)c1N=C=S. The summed E-state index contributed by atoms with van der Waals surface area (Å²) >= 11 is 13.0. The molecule has 0 fully saturated rings. The molecule has 0 amide bonds. The van der Waals surface area contributed by atoms with E-state index < -0.39 is 5.82 Å². The van der Waals surface area contributed by atoms with Crippen LogP contribution in [0.15, 0.2) is 21.6 Å². The van der Waals surface area contributed by atoms with Gasteiger partial charge in [0, 0.05) is 9.50 Å². The van der Waals surface area contributed by atoms with Crippen LogP contribution in [0, 0.1) is 5.82 Å². The van der Waals surface area contributed by atoms with Crippen molar-refractivity contribution in [3.63, 3.8) is 0 Å². The second-order valence-electron chi connectivity index (χ2n) is 1.92. The Morgan fingerprint density at radius 2 is 2.25 bits per heavy atom. The second kappa shape index (κ2) is 4.10. The molecule has 0 aliphatic heterocycles. The van der Waals surface area contributed by atoms with Crippen LogP contribution in [0.4, 0.5) is 10.1 Å². The van der Waals surface area contributed by atoms with Crippen LogP contribution in [0.1, 0.15) is 0 Å². The lowest BCUT2D eigenvalue weighted by atomic mass is 10.3. The highest BCUT2D eigenvalue weighted by molar-refractivity contribution is 9.10. The van der Waals surface area contributed by atoms with Crippen molar-refractivity contribution in [2.75, 3.05) is 0 Å². The van der Waals surface area contributed by atoms with Gasteiger partial charge in [0.25, 0.3) is 0 Å². The predicted octanol–water partition coefficient (Wildman–Crippen LogP) is 3.98. The van der Waals surface area contributed by atoms with Gasteiger partial charge in [0.15, 0.2) is 5.82 Å². The van der Waals surface area contributed by atoms with Gasteiger partial charge in [-0.3, -0.25) is 0 Å². The molecule has 0 N–H and O–H groups in total. The van der Waals surface area contributed by atoms with Gasteiger partial charge < -0.3 is 0 Å². The van der Waals surface area contributed by atoms with Gasteiger partial charge in [0.1, 0.15) is 5.69 Å². The summed E-state index contributed by atoms with van der Waals surface area (Å²) in [6.07, 6.45) is 0. The molecule has 0 aromatic heterocycles. The normalized spacial score (nSPS) is 9.25. The Bertz CT molecular complexity index is 339. The topological polar surface area (TPSA) is 12.4 Å². The number of aliphatic imine (C=N–C) groups is 1. The molecule has 12 heavy (non-hydrogen) atoms. The molecule has 0 aliphatic rings. The summed E-state index contributed by atoms with van der Waals surface area (Å²) in [5, 5.41) is 2.39. The standard InChI is InChI=1S/C7H2BrClFNS/c8-5-1-4(9)2-6(10)7(5)11-3-12/h1-2H. The van der Waals surface area contributed by atoms with Crippen LogP contribution in [0.2, 0.25) is 5.02 Å². The Balaban J connectivity index is 3.37. The molecule has 0 saturated heterocycles. The molecule has 0 unspecified atom stereocenters. The fraction of sp³-hybridized carbons (Fsp3) is 0. The van der Waals surface area contributed by atoms with E-state index in [0.717, 1.165) is 6.07 Å². The maximum atomic E-state index is 13.0. The Morgan fingerprint density at radius 3 is 2.75 bits per heavy atom. The molecule has 1 rings (SSSR count). The summed E-state index contributed by atoms with van der Waals surface area (Å²) in [6.45, 7) is 0. The number of thiocarbonyl (C=S) groups is 1. The lowest BCUT2D eigenvalue weighted by molar-refractivity contribution is 0.629. The van der Waals surface area contributed by atoms with E-state index in [1.54, 1.807) is 0 Å². The van der Waals surface area contributed by atoms with E-state index >= 15 is 0 Å². The zero-order valence-corrected chi connectivity index (χ0v) is 8.80. The van der Waals surface area contributed by atoms with Gasteiger partial charge in [-0.05, 0) is 40.3 Å². The molecule has 5 heteroatoms. The lowest BCUT2D eigenvalue weighted by Gasteiger charge is -1.98. The zero-order chi connectivity index (χ0) is 9.14. The van der Waals surface area contributed by atoms with Crippen molar-refractivity contribution in [3.05, 3.63) is 27.4 Å². The van der Waals surface area contributed by atoms with Crippen molar-refractivity contribution in [3.8, 4) is 0 Å². The first-order valence-corrected chi connectivity index (χ1v) is 4.45. The third kappa shape index (κ3) is 2.11. The summed E-state index contributed by atoms with van der Waals surface area (Å²) < 4.78 is 13.5. The number of benzene rings is 1. The van der Waals surface area contributed by atoms with Gasteiger partial charge in [-0.2, -0.15) is 4.99 Å². The van der Waals surface area contributed by atoms with Crippen LogP contribution in [-0.2, 0) is 0 Å². The first kappa shape index (κ1) is 9.81. The van der Waals surface area contributed by atoms with Crippen molar-refractivity contribution >= 4 is 50.6 Å². The van der Waals surface area contributed by atoms with Crippen LogP contribution >= 0.6 is 39.7 Å². The average Bonchev–Trinajstić information content (AvgIpc) is 1.96. The molecule has 0 atom stereocenters. The summed E-state index contributed by atoms with van der Waals surface area (Å²) in [7, 11) is 0. The van der Waals surface area contributed by atoms with Crippen molar-refractivity contribution in [1.29, 1.82) is 0 Å². The highest BCUT2D eigenvalue weighted by Gasteiger charge is 2.06. The maximum absolute atomic E-state index is 13.0. The van der Waals surface area contributed by atoms with Gasteiger partial charge in [-0.25, -0.2) is 4.39 Å². The van der Waals surface area contributed by atoms with Crippen LogP contribution < -0.4 is 0 Å². The summed E-state index contributed by atoms with van der Waals surface area (Å²) in [5.41, 5.74) is 0.120. The Morgan fingerprint density at radius 1 is 1.58 bits per heavy atom. The van der Waals surface area contributed by atoms with Crippen molar-refractivity contribution < 1.29 is 4.39 Å². The molecule has 0 saturated carbocycles. The Labute approximate surface area is 87.4 Å². The molecular formula is C7H2BrClFNS. The van der Waals surface area contributed by atoms with Gasteiger partial charge in [-0.15, -0.1) is 0 Å². The largest absolute Gasteiger partial charge is 0.204 e. The third-order valence-corrected chi connectivity index (χ3v) is 2.05. The fourth-order valence-electron chi connectivity index (χ4n) is 0.687. The van der Waals surface area contributed by atoms with E-state index in [-0.39, 0.29) is 5.69 Å². The van der Waals surface area contributed by atoms with Crippen LogP contribution in [0.25, 0.3) is 0 Å². The molecule has 0 bridgehead atoms. The summed E-state index contributed by atoms with van der Waals surface area (Å²) in [5.74, 6) is -0.522. The maximum Gasteiger partial charge on any atom is 0.152 e. The number of isothiocyanates is 1. The smallest absolute Gasteiger partial charge is 0.152 e. The van der Waals surface area contributed by atoms with Crippen LogP contribution in [0.3, 0.4) is 0 Å². The summed E-state index contributed by atoms with van der Waals surface area (Å²) in [4.78, 5) is 3.53. The molecule has 0 radical (unpaired) electrons. The van der Waals surface area contributed by atoms with Crippen LogP contribution in [-0.4, -0.2) is 5.16 Å². The average molecular weight is 267 g/mol. The first-order valence-electron chi connectivity index (χ1n) is 2.87. The number of hydrogen-bond acceptors (Lipinski definition) is 2. The third-order valence-electron chi connectivity index (χ3n) is 1.14. The van der Waals surface area contributed by atoms with E-state index in [1.807, 2.05) is 0 Å². The highest BCUT2D eigenvalue weighted by atomic mass is 79.9. The van der Waals surface area contributed by atoms with E-state index in [1.165, 1.54) is 6.07 Å². The fourth-order valence-corrected chi connectivity index (χ4v) is 1.64. The minimum atomic E-state index is -0.522. The van der Waals surface area contributed by atoms with Gasteiger partial charge in [0.2, 0.25) is 0 Å². The molecule has 1 aromatic carbocycles. The Kier molecular flexibility index (Phi) is 3.35. The predicted molar refractivity (Wildman–Crippen MR) is 53.8 cm³/mol. The monoisotopic (exact) mass is 265 g/mol. The first-order chi connectivity index (χ1) is 5.65. The van der Waals surface area contributed by atoms with Crippen molar-refractivity contribution in [2.45, 2.75) is 0 Å². The second-order valence-corrected chi connectivity index (χ2v) is 3.39. The number of halogens is 3. The van der Waals surface area contributed by atoms with E-state index in [0.29, 0.717) is 9.50 Å². The molecule has 0 heterocycles. The molecule has 1 aromatic rings. The quantitative estimate of drug-likeness (QED) is 0.553. The molecule has 1 nitrogen and oxygen atoms in total. The molecule has 0 aliphatic carbocycles. The lowest BCUT2D eigenvalue weighted by Crippen LogP contribution is -1.77. The molecular weight excluding hydrogens is 265 g/mol. The molecule has 62 valence electrons. The number of nitrogens with zero attached hydrogens (tertiary/aromatic N) is 1. The van der Waals surface area contributed by atoms with E-state index in [2.05, 4.69) is 38.3 Å². The number of rotatable bonds is 1. The van der Waals surface area contributed by atoms with Crippen LogP contribution in [0.5, 0.6) is 0 Å². The number of hydrogen-bond donors (Lipinski definition) is 0. The molecule has 0 spiro atoms. The van der Waals surface area contributed by atoms with Crippen molar-refractivity contribution in [1.82, 2.24) is 0 Å². The van der Waals surface area contributed by atoms with E-state index in [9.17, 15) is 4.39 Å². The summed E-state index contributed by atoms with van der Waals surface area (Å²) in [6, 6.07) is 2.70. The van der Waals surface area contributed by atoms with Gasteiger partial charge in [0.05, 0.1) is 5.16 Å². The zero-order valence-electron chi connectivity index (χ0n) is 5.64. The minimum absolute atomic E-state index is 0.120. The van der Waals surface area contributed by atoms with Gasteiger partial charge in [-0.1, -0.05) is 11.6 Å². The van der Waals surface area contributed by atoms with Gasteiger partial charge >= 0.3 is 0 Å². The minimum Gasteiger partial charge on any atom is -0.204 e. The van der Waals surface area contributed by atoms with Crippen molar-refractivity contribution in [2.24, 2.45) is 4.99 Å².